The van der Waals surface area contributed by atoms with E-state index in [1.807, 2.05) is 0 Å². The van der Waals surface area contributed by atoms with Crippen molar-refractivity contribution in [1.82, 2.24) is 0 Å². The van der Waals surface area contributed by atoms with Crippen molar-refractivity contribution in [3.8, 4) is 11.8 Å². The van der Waals surface area contributed by atoms with E-state index in [0.29, 0.717) is 22.7 Å². The van der Waals surface area contributed by atoms with Gasteiger partial charge in [0.2, 0.25) is 0 Å². The van der Waals surface area contributed by atoms with Crippen LogP contribution in [0.1, 0.15) is 5.56 Å². The van der Waals surface area contributed by atoms with Gasteiger partial charge >= 0.3 is 0 Å². The van der Waals surface area contributed by atoms with Crippen molar-refractivity contribution in [3.63, 3.8) is 0 Å². The molecule has 0 heterocycles. The van der Waals surface area contributed by atoms with Crippen LogP contribution in [0.3, 0.4) is 0 Å². The van der Waals surface area contributed by atoms with Gasteiger partial charge in [-0.2, -0.15) is 5.26 Å². The van der Waals surface area contributed by atoms with Crippen LogP contribution in [-0.2, 0) is 0 Å². The average Bonchev–Trinajstić information content (AvgIpc) is 2.47. The Kier molecular flexibility index (Phi) is 3.90. The van der Waals surface area contributed by atoms with E-state index in [9.17, 15) is 10.1 Å². The number of anilines is 3. The Labute approximate surface area is 120 Å². The Bertz CT molecular complexity index is 737. The van der Waals surface area contributed by atoms with Crippen LogP contribution in [-0.4, -0.2) is 12.0 Å². The normalized spacial score (nSPS) is 9.71. The highest BCUT2D eigenvalue weighted by molar-refractivity contribution is 5.76. The molecule has 7 nitrogen and oxygen atoms in total. The lowest BCUT2D eigenvalue weighted by Crippen LogP contribution is -2.00. The zero-order valence-electron chi connectivity index (χ0n) is 11.2. The van der Waals surface area contributed by atoms with Crippen LogP contribution in [0.5, 0.6) is 5.75 Å². The first-order chi connectivity index (χ1) is 10.1. The number of nitro groups is 1. The molecule has 3 N–H and O–H groups in total. The molecule has 2 rings (SSSR count). The van der Waals surface area contributed by atoms with E-state index in [1.165, 1.54) is 25.3 Å². The van der Waals surface area contributed by atoms with E-state index >= 15 is 0 Å². The number of benzene rings is 2. The molecular weight excluding hydrogens is 272 g/mol. The molecule has 106 valence electrons. The number of hydrogen-bond acceptors (Lipinski definition) is 6. The summed E-state index contributed by atoms with van der Waals surface area (Å²) in [4.78, 5) is 10.2. The SMILES string of the molecule is COc1cccc(C#N)c1Nc1ccc([N+](=O)[O-])c(N)c1. The number of methoxy groups -OCH3 is 1. The third kappa shape index (κ3) is 2.84. The number of nitriles is 1. The fraction of sp³-hybridized carbons (Fsp3) is 0.0714. The summed E-state index contributed by atoms with van der Waals surface area (Å²) in [7, 11) is 1.49. The number of nitrogens with one attached hydrogen (secondary N) is 1. The molecule has 0 spiro atoms. The minimum atomic E-state index is -0.553. The van der Waals surface area contributed by atoms with Gasteiger partial charge in [-0.1, -0.05) is 6.07 Å². The van der Waals surface area contributed by atoms with Crippen molar-refractivity contribution in [1.29, 1.82) is 5.26 Å². The number of rotatable bonds is 4. The molecule has 0 unspecified atom stereocenters. The molecule has 0 aliphatic rings. The van der Waals surface area contributed by atoms with E-state index in [4.69, 9.17) is 15.7 Å². The van der Waals surface area contributed by atoms with Gasteiger partial charge in [-0.15, -0.1) is 0 Å². The highest BCUT2D eigenvalue weighted by atomic mass is 16.6. The summed E-state index contributed by atoms with van der Waals surface area (Å²) in [5.41, 5.74) is 6.92. The Hall–Kier alpha value is -3.27. The summed E-state index contributed by atoms with van der Waals surface area (Å²) < 4.78 is 5.20. The standard InChI is InChI=1S/C14H12N4O3/c1-21-13-4-2-3-9(8-15)14(13)17-10-5-6-12(18(19)20)11(16)7-10/h2-7,17H,16H2,1H3. The third-order valence-electron chi connectivity index (χ3n) is 2.86. The second kappa shape index (κ2) is 5.79. The maximum Gasteiger partial charge on any atom is 0.292 e. The number of nitrogens with two attached hydrogens (primary N) is 1. The van der Waals surface area contributed by atoms with Crippen LogP contribution < -0.4 is 15.8 Å². The molecular formula is C14H12N4O3. The van der Waals surface area contributed by atoms with Gasteiger partial charge in [-0.3, -0.25) is 10.1 Å². The molecule has 0 fully saturated rings. The van der Waals surface area contributed by atoms with Gasteiger partial charge in [0.15, 0.2) is 0 Å². The lowest BCUT2D eigenvalue weighted by molar-refractivity contribution is -0.383. The van der Waals surface area contributed by atoms with E-state index in [-0.39, 0.29) is 11.4 Å². The summed E-state index contributed by atoms with van der Waals surface area (Å²) in [5, 5.41) is 22.9. The van der Waals surface area contributed by atoms with Crippen LogP contribution in [0.4, 0.5) is 22.7 Å². The number of nitrogens with zero attached hydrogens (tertiary/aromatic N) is 2. The van der Waals surface area contributed by atoms with Gasteiger partial charge in [0.25, 0.3) is 5.69 Å². The molecule has 21 heavy (non-hydrogen) atoms. The first-order valence-electron chi connectivity index (χ1n) is 5.95. The number of para-hydroxylation sites is 1. The Balaban J connectivity index is 2.41. The fourth-order valence-corrected chi connectivity index (χ4v) is 1.87. The molecule has 2 aromatic carbocycles. The molecule has 7 heteroatoms. The zero-order chi connectivity index (χ0) is 15.4. The van der Waals surface area contributed by atoms with Crippen molar-refractivity contribution in [2.45, 2.75) is 0 Å². The van der Waals surface area contributed by atoms with E-state index in [0.717, 1.165) is 0 Å². The highest BCUT2D eigenvalue weighted by Gasteiger charge is 2.13. The maximum absolute atomic E-state index is 10.7. The highest BCUT2D eigenvalue weighted by Crippen LogP contribution is 2.33. The van der Waals surface area contributed by atoms with Gasteiger partial charge < -0.3 is 15.8 Å². The Morgan fingerprint density at radius 1 is 1.38 bits per heavy atom. The molecule has 0 aliphatic carbocycles. The lowest BCUT2D eigenvalue weighted by Gasteiger charge is -2.13. The average molecular weight is 284 g/mol. The smallest absolute Gasteiger partial charge is 0.292 e. The third-order valence-corrected chi connectivity index (χ3v) is 2.86. The predicted octanol–water partition coefficient (Wildman–Crippen LogP) is 2.80. The molecule has 0 bridgehead atoms. The van der Waals surface area contributed by atoms with E-state index in [2.05, 4.69) is 11.4 Å². The molecule has 0 amide bonds. The molecule has 2 aromatic rings. The molecule has 0 saturated heterocycles. The Morgan fingerprint density at radius 2 is 2.14 bits per heavy atom. The van der Waals surface area contributed by atoms with Crippen LogP contribution >= 0.6 is 0 Å². The summed E-state index contributed by atoms with van der Waals surface area (Å²) in [6.07, 6.45) is 0. The summed E-state index contributed by atoms with van der Waals surface area (Å²) >= 11 is 0. The van der Waals surface area contributed by atoms with Gasteiger partial charge in [-0.25, -0.2) is 0 Å². The van der Waals surface area contributed by atoms with E-state index in [1.54, 1.807) is 18.2 Å². The maximum atomic E-state index is 10.7. The van der Waals surface area contributed by atoms with Gasteiger partial charge in [0, 0.05) is 11.8 Å². The predicted molar refractivity (Wildman–Crippen MR) is 78.5 cm³/mol. The number of ether oxygens (including phenoxy) is 1. The van der Waals surface area contributed by atoms with Crippen LogP contribution in [0, 0.1) is 21.4 Å². The lowest BCUT2D eigenvalue weighted by atomic mass is 10.1. The van der Waals surface area contributed by atoms with Crippen molar-refractivity contribution < 1.29 is 9.66 Å². The first-order valence-corrected chi connectivity index (χ1v) is 5.95. The molecule has 0 atom stereocenters. The monoisotopic (exact) mass is 284 g/mol. The molecule has 0 saturated carbocycles. The van der Waals surface area contributed by atoms with Crippen LogP contribution in [0.2, 0.25) is 0 Å². The summed E-state index contributed by atoms with van der Waals surface area (Å²) in [6.45, 7) is 0. The topological polar surface area (TPSA) is 114 Å². The fourth-order valence-electron chi connectivity index (χ4n) is 1.87. The summed E-state index contributed by atoms with van der Waals surface area (Å²) in [6, 6.07) is 11.4. The van der Waals surface area contributed by atoms with Crippen molar-refractivity contribution in [2.24, 2.45) is 0 Å². The summed E-state index contributed by atoms with van der Waals surface area (Å²) in [5.74, 6) is 0.492. The zero-order valence-corrected chi connectivity index (χ0v) is 11.2. The number of nitrogen functional groups attached to an aromatic ring is 1. The van der Waals surface area contributed by atoms with Gasteiger partial charge in [-0.05, 0) is 24.3 Å². The quantitative estimate of drug-likeness (QED) is 0.507. The number of nitro benzene ring substituents is 1. The van der Waals surface area contributed by atoms with Crippen molar-refractivity contribution >= 4 is 22.7 Å². The molecule has 0 aliphatic heterocycles. The van der Waals surface area contributed by atoms with Crippen molar-refractivity contribution in [2.75, 3.05) is 18.2 Å². The first kappa shape index (κ1) is 14.1. The minimum Gasteiger partial charge on any atom is -0.495 e. The van der Waals surface area contributed by atoms with E-state index < -0.39 is 4.92 Å². The second-order valence-electron chi connectivity index (χ2n) is 4.15. The van der Waals surface area contributed by atoms with Gasteiger partial charge in [0.1, 0.15) is 17.5 Å². The molecule has 0 radical (unpaired) electrons. The second-order valence-corrected chi connectivity index (χ2v) is 4.15. The van der Waals surface area contributed by atoms with Crippen molar-refractivity contribution in [3.05, 3.63) is 52.1 Å². The Morgan fingerprint density at radius 3 is 2.71 bits per heavy atom. The number of hydrogen-bond donors (Lipinski definition) is 2. The largest absolute Gasteiger partial charge is 0.495 e. The molecule has 0 aromatic heterocycles. The van der Waals surface area contributed by atoms with Crippen LogP contribution in [0.25, 0.3) is 0 Å². The van der Waals surface area contributed by atoms with Crippen LogP contribution in [0.15, 0.2) is 36.4 Å². The minimum absolute atomic E-state index is 0.0402. The van der Waals surface area contributed by atoms with Gasteiger partial charge in [0.05, 0.1) is 23.3 Å².